The summed E-state index contributed by atoms with van der Waals surface area (Å²) in [5.41, 5.74) is -0.481. The molecule has 0 spiro atoms. The molecule has 1 unspecified atom stereocenters. The number of amidine groups is 1. The first-order chi connectivity index (χ1) is 7.32. The second-order valence-electron chi connectivity index (χ2n) is 5.00. The van der Waals surface area contributed by atoms with Crippen molar-refractivity contribution in [1.29, 1.82) is 0 Å². The number of rotatable bonds is 1. The Morgan fingerprint density at radius 3 is 2.56 bits per heavy atom. The molecule has 1 aliphatic heterocycles. The smallest absolute Gasteiger partial charge is 0.230 e. The predicted octanol–water partition coefficient (Wildman–Crippen LogP) is 1.67. The van der Waals surface area contributed by atoms with Crippen LogP contribution in [0.15, 0.2) is 17.3 Å². The highest BCUT2D eigenvalue weighted by Gasteiger charge is 2.27. The molecule has 1 N–H and O–H groups in total. The van der Waals surface area contributed by atoms with Crippen molar-refractivity contribution < 1.29 is 9.59 Å². The number of aliphatic imine (C=N–C) groups is 1. The minimum atomic E-state index is -0.481. The van der Waals surface area contributed by atoms with Crippen LogP contribution >= 0.6 is 0 Å². The SMILES string of the molecule is CC(=O)C1CC=CN=C1NC(=O)C(C)(C)C. The van der Waals surface area contributed by atoms with Crippen molar-refractivity contribution >= 4 is 17.5 Å². The summed E-state index contributed by atoms with van der Waals surface area (Å²) in [6, 6.07) is 0. The Hall–Kier alpha value is -1.45. The molecule has 1 rings (SSSR count). The van der Waals surface area contributed by atoms with Crippen LogP contribution in [-0.4, -0.2) is 17.5 Å². The molecule has 0 fully saturated rings. The lowest BCUT2D eigenvalue weighted by Crippen LogP contribution is -2.44. The van der Waals surface area contributed by atoms with Gasteiger partial charge in [-0.25, -0.2) is 4.99 Å². The molecule has 0 saturated carbocycles. The van der Waals surface area contributed by atoms with Gasteiger partial charge < -0.3 is 5.32 Å². The van der Waals surface area contributed by atoms with Gasteiger partial charge in [0.1, 0.15) is 11.6 Å². The Balaban J connectivity index is 2.79. The van der Waals surface area contributed by atoms with E-state index in [-0.39, 0.29) is 17.6 Å². The highest BCUT2D eigenvalue weighted by Crippen LogP contribution is 2.16. The number of carbonyl (C=O) groups is 2. The monoisotopic (exact) mass is 222 g/mol. The van der Waals surface area contributed by atoms with Crippen LogP contribution in [-0.2, 0) is 9.59 Å². The minimum absolute atomic E-state index is 0.0253. The topological polar surface area (TPSA) is 58.5 Å². The van der Waals surface area contributed by atoms with Crippen molar-refractivity contribution in [1.82, 2.24) is 5.32 Å². The molecule has 0 aromatic rings. The van der Waals surface area contributed by atoms with E-state index in [1.807, 2.05) is 26.8 Å². The molecular formula is C12H18N2O2. The summed E-state index contributed by atoms with van der Waals surface area (Å²) in [5.74, 6) is 0.0661. The van der Waals surface area contributed by atoms with Crippen LogP contribution in [0.1, 0.15) is 34.1 Å². The Labute approximate surface area is 95.8 Å². The third kappa shape index (κ3) is 3.02. The molecule has 1 amide bonds. The van der Waals surface area contributed by atoms with Gasteiger partial charge >= 0.3 is 0 Å². The second kappa shape index (κ2) is 4.60. The van der Waals surface area contributed by atoms with Gasteiger partial charge in [0.15, 0.2) is 0 Å². The van der Waals surface area contributed by atoms with E-state index in [1.54, 1.807) is 6.20 Å². The molecule has 0 saturated heterocycles. The van der Waals surface area contributed by atoms with Crippen LogP contribution in [0.2, 0.25) is 0 Å². The van der Waals surface area contributed by atoms with Crippen molar-refractivity contribution in [2.45, 2.75) is 34.1 Å². The van der Waals surface area contributed by atoms with Crippen molar-refractivity contribution in [3.8, 4) is 0 Å². The molecule has 1 aliphatic rings. The maximum absolute atomic E-state index is 11.8. The number of nitrogens with one attached hydrogen (secondary N) is 1. The first kappa shape index (κ1) is 12.6. The number of Topliss-reactive ketones (excluding diaryl/α,β-unsaturated/α-hetero) is 1. The highest BCUT2D eigenvalue weighted by molar-refractivity contribution is 6.10. The number of ketones is 1. The van der Waals surface area contributed by atoms with Gasteiger partial charge in [-0.05, 0) is 13.3 Å². The van der Waals surface area contributed by atoms with Crippen molar-refractivity contribution in [3.63, 3.8) is 0 Å². The van der Waals surface area contributed by atoms with Gasteiger partial charge in [0.2, 0.25) is 5.91 Å². The maximum Gasteiger partial charge on any atom is 0.230 e. The van der Waals surface area contributed by atoms with Crippen LogP contribution in [0.3, 0.4) is 0 Å². The van der Waals surface area contributed by atoms with E-state index in [4.69, 9.17) is 0 Å². The average Bonchev–Trinajstić information content (AvgIpc) is 2.16. The molecule has 0 radical (unpaired) electrons. The van der Waals surface area contributed by atoms with E-state index in [1.165, 1.54) is 6.92 Å². The summed E-state index contributed by atoms with van der Waals surface area (Å²) >= 11 is 0. The van der Waals surface area contributed by atoms with Crippen LogP contribution < -0.4 is 5.32 Å². The Morgan fingerprint density at radius 1 is 1.44 bits per heavy atom. The van der Waals surface area contributed by atoms with Gasteiger partial charge in [0.05, 0.1) is 5.92 Å². The number of allylic oxidation sites excluding steroid dienone is 1. The molecule has 4 nitrogen and oxygen atoms in total. The molecule has 0 bridgehead atoms. The van der Waals surface area contributed by atoms with Gasteiger partial charge in [-0.1, -0.05) is 26.8 Å². The molecular weight excluding hydrogens is 204 g/mol. The molecule has 1 atom stereocenters. The number of hydrogen-bond donors (Lipinski definition) is 1. The van der Waals surface area contributed by atoms with E-state index >= 15 is 0 Å². The number of nitrogens with zero attached hydrogens (tertiary/aromatic N) is 1. The summed E-state index contributed by atoms with van der Waals surface area (Å²) in [7, 11) is 0. The zero-order valence-electron chi connectivity index (χ0n) is 10.2. The van der Waals surface area contributed by atoms with Gasteiger partial charge in [-0.2, -0.15) is 0 Å². The predicted molar refractivity (Wildman–Crippen MR) is 63.0 cm³/mol. The number of carbonyl (C=O) groups excluding carboxylic acids is 2. The Morgan fingerprint density at radius 2 is 2.06 bits per heavy atom. The second-order valence-corrected chi connectivity index (χ2v) is 5.00. The number of hydrogen-bond acceptors (Lipinski definition) is 3. The van der Waals surface area contributed by atoms with Gasteiger partial charge in [0.25, 0.3) is 0 Å². The van der Waals surface area contributed by atoms with E-state index in [9.17, 15) is 9.59 Å². The fourth-order valence-electron chi connectivity index (χ4n) is 1.31. The first-order valence-electron chi connectivity index (χ1n) is 5.37. The van der Waals surface area contributed by atoms with E-state index in [0.29, 0.717) is 12.3 Å². The Kier molecular flexibility index (Phi) is 3.62. The Bertz CT molecular complexity index is 362. The molecule has 16 heavy (non-hydrogen) atoms. The summed E-state index contributed by atoms with van der Waals surface area (Å²) < 4.78 is 0. The zero-order chi connectivity index (χ0) is 12.3. The molecule has 0 aromatic carbocycles. The van der Waals surface area contributed by atoms with Crippen LogP contribution in [0.4, 0.5) is 0 Å². The third-order valence-electron chi connectivity index (χ3n) is 2.43. The van der Waals surface area contributed by atoms with E-state index in [2.05, 4.69) is 10.3 Å². The molecule has 4 heteroatoms. The quantitative estimate of drug-likeness (QED) is 0.733. The van der Waals surface area contributed by atoms with Gasteiger partial charge in [-0.3, -0.25) is 9.59 Å². The molecule has 88 valence electrons. The fraction of sp³-hybridized carbons (Fsp3) is 0.583. The average molecular weight is 222 g/mol. The lowest BCUT2D eigenvalue weighted by Gasteiger charge is -2.23. The summed E-state index contributed by atoms with van der Waals surface area (Å²) in [4.78, 5) is 27.2. The van der Waals surface area contributed by atoms with Crippen LogP contribution in [0.5, 0.6) is 0 Å². The van der Waals surface area contributed by atoms with Crippen molar-refractivity contribution in [2.75, 3.05) is 0 Å². The van der Waals surface area contributed by atoms with Gasteiger partial charge in [-0.15, -0.1) is 0 Å². The van der Waals surface area contributed by atoms with E-state index < -0.39 is 5.41 Å². The lowest BCUT2D eigenvalue weighted by molar-refractivity contribution is -0.127. The largest absolute Gasteiger partial charge is 0.313 e. The standard InChI is InChI=1S/C12H18N2O2/c1-8(15)9-6-5-7-13-10(9)14-11(16)12(2,3)4/h5,7,9H,6H2,1-4H3,(H,13,14,16). The molecule has 1 heterocycles. The van der Waals surface area contributed by atoms with Gasteiger partial charge in [0, 0.05) is 11.6 Å². The highest BCUT2D eigenvalue weighted by atomic mass is 16.2. The van der Waals surface area contributed by atoms with E-state index in [0.717, 1.165) is 0 Å². The summed E-state index contributed by atoms with van der Waals surface area (Å²) in [5, 5.41) is 2.73. The van der Waals surface area contributed by atoms with Crippen molar-refractivity contribution in [3.05, 3.63) is 12.3 Å². The molecule has 0 aliphatic carbocycles. The first-order valence-corrected chi connectivity index (χ1v) is 5.37. The van der Waals surface area contributed by atoms with Crippen molar-refractivity contribution in [2.24, 2.45) is 16.3 Å². The van der Waals surface area contributed by atoms with Crippen LogP contribution in [0, 0.1) is 11.3 Å². The lowest BCUT2D eigenvalue weighted by atomic mass is 9.93. The number of amides is 1. The third-order valence-corrected chi connectivity index (χ3v) is 2.43. The minimum Gasteiger partial charge on any atom is -0.313 e. The zero-order valence-corrected chi connectivity index (χ0v) is 10.2. The summed E-state index contributed by atoms with van der Waals surface area (Å²) in [6.07, 6.45) is 4.06. The summed E-state index contributed by atoms with van der Waals surface area (Å²) in [6.45, 7) is 6.99. The normalized spacial score (nSPS) is 20.2. The van der Waals surface area contributed by atoms with Crippen LogP contribution in [0.25, 0.3) is 0 Å². The maximum atomic E-state index is 11.8. The fourth-order valence-corrected chi connectivity index (χ4v) is 1.31. The molecule has 0 aromatic heterocycles.